The van der Waals surface area contributed by atoms with Crippen molar-refractivity contribution in [3.63, 3.8) is 0 Å². The van der Waals surface area contributed by atoms with Crippen LogP contribution in [-0.2, 0) is 14.5 Å². The highest BCUT2D eigenvalue weighted by molar-refractivity contribution is 7.94. The zero-order valence-corrected chi connectivity index (χ0v) is 16.8. The summed E-state index contributed by atoms with van der Waals surface area (Å²) in [6.07, 6.45) is 1.71. The van der Waals surface area contributed by atoms with Crippen LogP contribution in [0.1, 0.15) is 45.2 Å². The van der Waals surface area contributed by atoms with Crippen LogP contribution in [-0.4, -0.2) is 45.6 Å². The van der Waals surface area contributed by atoms with E-state index in [9.17, 15) is 13.8 Å². The number of ether oxygens (including phenoxy) is 1. The first-order valence-electron chi connectivity index (χ1n) is 9.15. The van der Waals surface area contributed by atoms with Gasteiger partial charge in [-0.2, -0.15) is 4.36 Å². The van der Waals surface area contributed by atoms with Gasteiger partial charge in [-0.25, -0.2) is 9.19 Å². The van der Waals surface area contributed by atoms with Crippen molar-refractivity contribution in [2.75, 3.05) is 30.5 Å². The Bertz CT molecular complexity index is 1130. The number of benzene rings is 1. The van der Waals surface area contributed by atoms with E-state index in [0.29, 0.717) is 36.3 Å². The molecule has 150 valence electrons. The Morgan fingerprint density at radius 1 is 1.21 bits per heavy atom. The van der Waals surface area contributed by atoms with Gasteiger partial charge < -0.3 is 10.5 Å². The molecule has 0 aliphatic carbocycles. The second-order valence-electron chi connectivity index (χ2n) is 6.45. The number of carbonyl (C=O) groups is 2. The lowest BCUT2D eigenvalue weighted by molar-refractivity contribution is 0.0984. The number of nitrogens with zero attached hydrogens (tertiary/aromatic N) is 2. The highest BCUT2D eigenvalue weighted by Crippen LogP contribution is 2.14. The van der Waals surface area contributed by atoms with Gasteiger partial charge in [0.2, 0.25) is 0 Å². The van der Waals surface area contributed by atoms with Gasteiger partial charge in [-0.3, -0.25) is 9.59 Å². The molecule has 0 spiro atoms. The number of ketones is 1. The second-order valence-corrected chi connectivity index (χ2v) is 9.00. The summed E-state index contributed by atoms with van der Waals surface area (Å²) in [5.41, 5.74) is 7.66. The molecule has 1 saturated heterocycles. The summed E-state index contributed by atoms with van der Waals surface area (Å²) in [4.78, 5) is 28.3. The topological polar surface area (TPSA) is 112 Å². The normalized spacial score (nSPS) is 15.1. The zero-order valence-electron chi connectivity index (χ0n) is 16.0. The Morgan fingerprint density at radius 2 is 1.97 bits per heavy atom. The van der Waals surface area contributed by atoms with Gasteiger partial charge in [0.05, 0.1) is 45.6 Å². The molecule has 1 aliphatic rings. The first-order valence-corrected chi connectivity index (χ1v) is 11.0. The minimum absolute atomic E-state index is 0.0335. The van der Waals surface area contributed by atoms with Crippen LogP contribution in [0.3, 0.4) is 0 Å². The van der Waals surface area contributed by atoms with Gasteiger partial charge >= 0.3 is 0 Å². The van der Waals surface area contributed by atoms with E-state index in [2.05, 4.69) is 21.2 Å². The van der Waals surface area contributed by atoms with Gasteiger partial charge in [0.15, 0.2) is 5.78 Å². The Balaban J connectivity index is 1.88. The molecule has 2 aromatic rings. The lowest BCUT2D eigenvalue weighted by Gasteiger charge is -2.15. The van der Waals surface area contributed by atoms with Crippen LogP contribution in [0, 0.1) is 11.8 Å². The highest BCUT2D eigenvalue weighted by Gasteiger charge is 2.18. The number of anilines is 1. The fourth-order valence-corrected chi connectivity index (χ4v) is 4.23. The average Bonchev–Trinajstić information content (AvgIpc) is 2.73. The summed E-state index contributed by atoms with van der Waals surface area (Å²) < 4.78 is 21.7. The maximum atomic E-state index is 12.6. The quantitative estimate of drug-likeness (QED) is 0.613. The molecule has 1 aromatic heterocycles. The molecule has 0 unspecified atom stereocenters. The van der Waals surface area contributed by atoms with Gasteiger partial charge in [0, 0.05) is 23.7 Å². The van der Waals surface area contributed by atoms with Crippen molar-refractivity contribution in [2.45, 2.75) is 13.3 Å². The zero-order chi connectivity index (χ0) is 20.9. The van der Waals surface area contributed by atoms with Crippen LogP contribution < -0.4 is 5.73 Å². The van der Waals surface area contributed by atoms with Crippen molar-refractivity contribution in [3.8, 4) is 11.8 Å². The van der Waals surface area contributed by atoms with E-state index in [1.165, 1.54) is 12.3 Å². The maximum Gasteiger partial charge on any atom is 0.286 e. The van der Waals surface area contributed by atoms with Crippen LogP contribution >= 0.6 is 0 Å². The van der Waals surface area contributed by atoms with Crippen LogP contribution in [0.4, 0.5) is 5.82 Å². The van der Waals surface area contributed by atoms with Gasteiger partial charge in [-0.05, 0) is 18.2 Å². The van der Waals surface area contributed by atoms with Crippen LogP contribution in [0.15, 0.2) is 40.9 Å². The van der Waals surface area contributed by atoms with Crippen molar-refractivity contribution in [1.82, 2.24) is 4.98 Å². The fourth-order valence-electron chi connectivity index (χ4n) is 2.68. The number of aromatic nitrogens is 1. The van der Waals surface area contributed by atoms with Crippen molar-refractivity contribution in [1.29, 1.82) is 0 Å². The van der Waals surface area contributed by atoms with E-state index < -0.39 is 15.6 Å². The van der Waals surface area contributed by atoms with Crippen LogP contribution in [0.25, 0.3) is 0 Å². The molecule has 0 radical (unpaired) electrons. The molecule has 2 heterocycles. The number of pyridine rings is 1. The van der Waals surface area contributed by atoms with Gasteiger partial charge in [0.25, 0.3) is 5.91 Å². The number of amides is 1. The average molecular weight is 411 g/mol. The van der Waals surface area contributed by atoms with Crippen molar-refractivity contribution in [3.05, 3.63) is 58.8 Å². The molecule has 8 heteroatoms. The smallest absolute Gasteiger partial charge is 0.286 e. The summed E-state index contributed by atoms with van der Waals surface area (Å²) in [5, 5.41) is 0. The molecule has 29 heavy (non-hydrogen) atoms. The predicted molar refractivity (Wildman–Crippen MR) is 111 cm³/mol. The second kappa shape index (κ2) is 8.99. The summed E-state index contributed by atoms with van der Waals surface area (Å²) in [6.45, 7) is 2.45. The third kappa shape index (κ3) is 5.28. The number of carbonyl (C=O) groups excluding carboxylic acids is 2. The Morgan fingerprint density at radius 3 is 2.69 bits per heavy atom. The van der Waals surface area contributed by atoms with Gasteiger partial charge in [-0.1, -0.05) is 30.9 Å². The molecule has 1 aromatic carbocycles. The van der Waals surface area contributed by atoms with E-state index in [1.54, 1.807) is 31.2 Å². The molecule has 7 nitrogen and oxygen atoms in total. The molecule has 1 aliphatic heterocycles. The van der Waals surface area contributed by atoms with E-state index in [-0.39, 0.29) is 28.7 Å². The summed E-state index contributed by atoms with van der Waals surface area (Å²) >= 11 is 0. The van der Waals surface area contributed by atoms with E-state index >= 15 is 0 Å². The molecular formula is C21H21N3O4S. The van der Waals surface area contributed by atoms with Crippen molar-refractivity contribution >= 4 is 27.2 Å². The highest BCUT2D eigenvalue weighted by atomic mass is 32.2. The monoisotopic (exact) mass is 411 g/mol. The molecule has 0 atom stereocenters. The minimum Gasteiger partial charge on any atom is -0.383 e. The molecule has 1 amide bonds. The molecule has 1 fully saturated rings. The van der Waals surface area contributed by atoms with E-state index in [4.69, 9.17) is 10.5 Å². The molecule has 0 bridgehead atoms. The Labute approximate surface area is 169 Å². The standard InChI is InChI=1S/C21H21N3O4S/c1-2-19(25)16-5-3-4-15(12-16)6-7-17-13-18(14-23-20(17)22)21(26)24-29(27)10-8-28-9-11-29/h3-5,12-14H,2,8-11H2,1H3,(H2,22,23). The van der Waals surface area contributed by atoms with Gasteiger partial charge in [-0.15, -0.1) is 0 Å². The minimum atomic E-state index is -2.61. The number of Topliss-reactive ketones (excluding diaryl/α,β-unsaturated/α-hetero) is 1. The van der Waals surface area contributed by atoms with E-state index in [0.717, 1.165) is 0 Å². The first kappa shape index (κ1) is 20.7. The predicted octanol–water partition coefficient (Wildman–Crippen LogP) is 2.29. The lowest BCUT2D eigenvalue weighted by Crippen LogP contribution is -2.26. The number of hydrogen-bond acceptors (Lipinski definition) is 6. The first-order chi connectivity index (χ1) is 13.9. The Hall–Kier alpha value is -3.02. The number of nitrogen functional groups attached to an aromatic ring is 1. The molecule has 2 N–H and O–H groups in total. The third-order valence-corrected chi connectivity index (χ3v) is 6.46. The van der Waals surface area contributed by atoms with Crippen LogP contribution in [0.5, 0.6) is 0 Å². The van der Waals surface area contributed by atoms with Crippen molar-refractivity contribution < 1.29 is 18.5 Å². The molecule has 3 rings (SSSR count). The van der Waals surface area contributed by atoms with Gasteiger partial charge in [0.1, 0.15) is 5.82 Å². The summed E-state index contributed by atoms with van der Waals surface area (Å²) in [7, 11) is -2.61. The molecular weight excluding hydrogens is 390 g/mol. The summed E-state index contributed by atoms with van der Waals surface area (Å²) in [5.74, 6) is 5.90. The fraction of sp³-hybridized carbons (Fsp3) is 0.286. The largest absolute Gasteiger partial charge is 0.383 e. The number of rotatable bonds is 3. The van der Waals surface area contributed by atoms with Crippen molar-refractivity contribution in [2.24, 2.45) is 4.36 Å². The Kier molecular flexibility index (Phi) is 6.42. The summed E-state index contributed by atoms with van der Waals surface area (Å²) in [6, 6.07) is 8.48. The van der Waals surface area contributed by atoms with E-state index in [1.807, 2.05) is 0 Å². The third-order valence-electron chi connectivity index (χ3n) is 4.36. The lowest BCUT2D eigenvalue weighted by atomic mass is 10.1. The van der Waals surface area contributed by atoms with Crippen LogP contribution in [0.2, 0.25) is 0 Å². The maximum absolute atomic E-state index is 12.6. The number of nitrogens with two attached hydrogens (primary N) is 1. The molecule has 0 saturated carbocycles. The SMILES string of the molecule is CCC(=O)c1cccc(C#Cc2cc(C(=O)N=S3(=O)CCOCC3)cnc2N)c1. The number of hydrogen-bond donors (Lipinski definition) is 1.